The molecule has 0 N–H and O–H groups in total. The van der Waals surface area contributed by atoms with Crippen molar-refractivity contribution < 1.29 is 0 Å². The molecular formula is C22H36N4S2. The Bertz CT molecular complexity index is 539. The quantitative estimate of drug-likeness (QED) is 0.276. The van der Waals surface area contributed by atoms with Crippen molar-refractivity contribution in [2.75, 3.05) is 11.5 Å². The number of nitriles is 2. The number of thiol groups is 1. The van der Waals surface area contributed by atoms with Crippen LogP contribution in [0.1, 0.15) is 67.2 Å². The number of thioether (sulfide) groups is 1. The molecular weight excluding hydrogens is 384 g/mol. The first-order valence-electron chi connectivity index (χ1n) is 10.1. The summed E-state index contributed by atoms with van der Waals surface area (Å²) in [7, 11) is 0. The Balaban J connectivity index is 0. The predicted octanol–water partition coefficient (Wildman–Crippen LogP) is 6.53. The molecule has 1 aliphatic carbocycles. The van der Waals surface area contributed by atoms with Gasteiger partial charge in [-0.2, -0.15) is 34.9 Å². The van der Waals surface area contributed by atoms with E-state index in [9.17, 15) is 0 Å². The molecule has 0 aliphatic heterocycles. The molecule has 28 heavy (non-hydrogen) atoms. The minimum absolute atomic E-state index is 0.166. The van der Waals surface area contributed by atoms with Crippen LogP contribution in [0.2, 0.25) is 0 Å². The van der Waals surface area contributed by atoms with E-state index in [4.69, 9.17) is 23.7 Å². The highest BCUT2D eigenvalue weighted by molar-refractivity contribution is 7.99. The van der Waals surface area contributed by atoms with Gasteiger partial charge in [0.2, 0.25) is 0 Å². The van der Waals surface area contributed by atoms with Gasteiger partial charge in [0.1, 0.15) is 0 Å². The van der Waals surface area contributed by atoms with Crippen LogP contribution in [-0.4, -0.2) is 28.3 Å². The van der Waals surface area contributed by atoms with Crippen LogP contribution < -0.4 is 0 Å². The van der Waals surface area contributed by atoms with Gasteiger partial charge in [0.25, 0.3) is 0 Å². The highest BCUT2D eigenvalue weighted by Gasteiger charge is 2.68. The van der Waals surface area contributed by atoms with Crippen molar-refractivity contribution in [2.45, 2.75) is 84.1 Å². The van der Waals surface area contributed by atoms with Crippen LogP contribution in [0.15, 0.2) is 0 Å². The fraction of sp³-hybridized carbons (Fsp3) is 0.818. The third kappa shape index (κ3) is 9.73. The molecule has 0 saturated heterocycles. The Morgan fingerprint density at radius 1 is 1.11 bits per heavy atom. The molecule has 5 atom stereocenters. The lowest BCUT2D eigenvalue weighted by molar-refractivity contribution is 0.565. The van der Waals surface area contributed by atoms with Crippen molar-refractivity contribution in [3.05, 3.63) is 22.8 Å². The van der Waals surface area contributed by atoms with Gasteiger partial charge >= 0.3 is 11.6 Å². The van der Waals surface area contributed by atoms with Crippen molar-refractivity contribution in [1.29, 1.82) is 10.5 Å². The molecule has 1 saturated carbocycles. The van der Waals surface area contributed by atoms with E-state index < -0.39 is 11.6 Å². The van der Waals surface area contributed by atoms with Crippen molar-refractivity contribution in [1.82, 2.24) is 0 Å². The smallest absolute Gasteiger partial charge is 0.297 e. The van der Waals surface area contributed by atoms with Gasteiger partial charge < -0.3 is 0 Å². The van der Waals surface area contributed by atoms with Gasteiger partial charge in [-0.3, -0.25) is 9.69 Å². The van der Waals surface area contributed by atoms with Crippen molar-refractivity contribution in [2.24, 2.45) is 17.8 Å². The van der Waals surface area contributed by atoms with Gasteiger partial charge in [-0.25, -0.2) is 13.1 Å². The first kappa shape index (κ1) is 28.9. The van der Waals surface area contributed by atoms with Gasteiger partial charge in [0, 0.05) is 5.25 Å². The van der Waals surface area contributed by atoms with Crippen LogP contribution in [0, 0.1) is 53.6 Å². The predicted molar refractivity (Wildman–Crippen MR) is 124 cm³/mol. The maximum absolute atomic E-state index is 8.74. The zero-order valence-electron chi connectivity index (χ0n) is 18.3. The summed E-state index contributed by atoms with van der Waals surface area (Å²) in [6.07, 6.45) is 4.95. The molecule has 0 heterocycles. The average Bonchev–Trinajstić information content (AvgIpc) is 3.24. The van der Waals surface area contributed by atoms with Crippen LogP contribution in [0.3, 0.4) is 0 Å². The summed E-state index contributed by atoms with van der Waals surface area (Å²) in [5.41, 5.74) is -0.653. The minimum Gasteiger partial charge on any atom is -0.297 e. The lowest BCUT2D eigenvalue weighted by Gasteiger charge is -2.16. The molecule has 1 rings (SSSR count). The summed E-state index contributed by atoms with van der Waals surface area (Å²) in [4.78, 5) is 6.63. The topological polar surface area (TPSA) is 56.3 Å². The zero-order chi connectivity index (χ0) is 22.2. The molecule has 0 bridgehead atoms. The van der Waals surface area contributed by atoms with Crippen molar-refractivity contribution >= 4 is 24.4 Å². The molecule has 4 nitrogen and oxygen atoms in total. The second kappa shape index (κ2) is 16.6. The fourth-order valence-corrected chi connectivity index (χ4v) is 4.03. The van der Waals surface area contributed by atoms with Crippen LogP contribution in [-0.2, 0) is 0 Å². The molecule has 0 amide bonds. The molecule has 1 fully saturated rings. The highest BCUT2D eigenvalue weighted by Crippen LogP contribution is 2.52. The molecule has 0 aromatic rings. The summed E-state index contributed by atoms with van der Waals surface area (Å²) >= 11 is 5.87. The lowest BCUT2D eigenvalue weighted by Crippen LogP contribution is -2.21. The summed E-state index contributed by atoms with van der Waals surface area (Å²) in [5.74, 6) is 2.90. The summed E-state index contributed by atoms with van der Waals surface area (Å²) in [5, 5.41) is 17.7. The van der Waals surface area contributed by atoms with Crippen molar-refractivity contribution in [3.8, 4) is 12.1 Å². The van der Waals surface area contributed by atoms with Crippen LogP contribution in [0.25, 0.3) is 9.69 Å². The molecule has 1 aliphatic rings. The maximum atomic E-state index is 8.74. The molecule has 0 aromatic heterocycles. The third-order valence-electron chi connectivity index (χ3n) is 5.29. The average molecular weight is 421 g/mol. The Morgan fingerprint density at radius 3 is 1.86 bits per heavy atom. The van der Waals surface area contributed by atoms with E-state index in [1.807, 2.05) is 38.6 Å². The lowest BCUT2D eigenvalue weighted by atomic mass is 10.0. The SMILES string of the molecule is CCCCS.[C-]#[N+]C(C#N)[C@@H](C)C(C)SCCCC.[C-]#[N+]C1(C#N)C(C)C1C. The Morgan fingerprint density at radius 2 is 1.64 bits per heavy atom. The second-order valence-electron chi connectivity index (χ2n) is 7.20. The zero-order valence-corrected chi connectivity index (χ0v) is 20.0. The van der Waals surface area contributed by atoms with Gasteiger partial charge in [-0.15, -0.1) is 0 Å². The standard InChI is InChI=1S/C11H18N2S.C7H8N2.C4H10S/c1-5-6-7-14-10(3)9(2)11(8-12)13-4;1-5-6(2)7(5,4-8)9-3;1-2-3-4-5/h9-11H,5-7H2,1-3H3;5-6H,1-2H3;5H,2-4H2,1H3/t9-,10?,11?;;/m0../s1. The minimum atomic E-state index is -0.653. The fourth-order valence-electron chi connectivity index (χ4n) is 2.43. The van der Waals surface area contributed by atoms with Gasteiger partial charge in [-0.05, 0) is 24.3 Å². The third-order valence-corrected chi connectivity index (χ3v) is 7.09. The molecule has 4 unspecified atom stereocenters. The number of nitrogens with zero attached hydrogens (tertiary/aromatic N) is 4. The number of unbranched alkanes of at least 4 members (excludes halogenated alkanes) is 2. The van der Waals surface area contributed by atoms with Gasteiger partial charge in [-0.1, -0.05) is 54.4 Å². The van der Waals surface area contributed by atoms with E-state index in [0.717, 1.165) is 11.5 Å². The van der Waals surface area contributed by atoms with E-state index in [2.05, 4.69) is 49.2 Å². The summed E-state index contributed by atoms with van der Waals surface area (Å²) < 4.78 is 0. The Labute approximate surface area is 183 Å². The number of hydrogen-bond acceptors (Lipinski definition) is 4. The van der Waals surface area contributed by atoms with Crippen LogP contribution >= 0.6 is 24.4 Å². The van der Waals surface area contributed by atoms with E-state index in [1.165, 1.54) is 25.7 Å². The maximum Gasteiger partial charge on any atom is 0.321 e. The highest BCUT2D eigenvalue weighted by atomic mass is 32.2. The molecule has 0 aromatic carbocycles. The van der Waals surface area contributed by atoms with Crippen molar-refractivity contribution in [3.63, 3.8) is 0 Å². The van der Waals surface area contributed by atoms with Crippen LogP contribution in [0.4, 0.5) is 0 Å². The summed E-state index contributed by atoms with van der Waals surface area (Å²) in [6.45, 7) is 26.0. The molecule has 156 valence electrons. The van der Waals surface area contributed by atoms with E-state index in [0.29, 0.717) is 5.25 Å². The number of hydrogen-bond donors (Lipinski definition) is 1. The largest absolute Gasteiger partial charge is 0.321 e. The van der Waals surface area contributed by atoms with E-state index in [1.54, 1.807) is 0 Å². The van der Waals surface area contributed by atoms with Gasteiger partial charge in [0.05, 0.1) is 17.8 Å². The molecule has 0 spiro atoms. The Kier molecular flexibility index (Phi) is 17.1. The normalized spacial score (nSPS) is 24.8. The Hall–Kier alpha value is -1.34. The summed E-state index contributed by atoms with van der Waals surface area (Å²) in [6, 6.07) is 3.63. The first-order chi connectivity index (χ1) is 13.3. The molecule has 6 heteroatoms. The van der Waals surface area contributed by atoms with Crippen LogP contribution in [0.5, 0.6) is 0 Å². The number of rotatable bonds is 8. The second-order valence-corrected chi connectivity index (χ2v) is 9.13. The van der Waals surface area contributed by atoms with Gasteiger partial charge in [0.15, 0.2) is 12.1 Å². The molecule has 0 radical (unpaired) electrons. The monoisotopic (exact) mass is 420 g/mol. The first-order valence-corrected chi connectivity index (χ1v) is 11.7. The van der Waals surface area contributed by atoms with E-state index in [-0.39, 0.29) is 17.8 Å². The van der Waals surface area contributed by atoms with E-state index >= 15 is 0 Å².